The van der Waals surface area contributed by atoms with Gasteiger partial charge in [0.2, 0.25) is 0 Å². The van der Waals surface area contributed by atoms with Crippen LogP contribution in [0.15, 0.2) is 18.2 Å². The summed E-state index contributed by atoms with van der Waals surface area (Å²) in [7, 11) is 0. The molecule has 0 aliphatic heterocycles. The minimum absolute atomic E-state index is 0.316. The maximum absolute atomic E-state index is 12.2. The van der Waals surface area contributed by atoms with Crippen molar-refractivity contribution < 1.29 is 18.3 Å². The highest BCUT2D eigenvalue weighted by Crippen LogP contribution is 2.23. The van der Waals surface area contributed by atoms with Crippen LogP contribution < -0.4 is 0 Å². The van der Waals surface area contributed by atoms with E-state index < -0.39 is 11.4 Å². The molecule has 0 unspecified atom stereocenters. The SMILES string of the molecule is O=C(OCc1cc(Cl)cc(Cl)c1)C(F)(F)Cl. The number of halogens is 5. The highest BCUT2D eigenvalue weighted by atomic mass is 35.5. The molecule has 16 heavy (non-hydrogen) atoms. The number of carbonyl (C=O) groups is 1. The van der Waals surface area contributed by atoms with Crippen molar-refractivity contribution in [3.8, 4) is 0 Å². The molecule has 0 aliphatic carbocycles. The normalized spacial score (nSPS) is 11.3. The van der Waals surface area contributed by atoms with E-state index in [4.69, 9.17) is 23.2 Å². The van der Waals surface area contributed by atoms with Gasteiger partial charge in [-0.25, -0.2) is 4.79 Å². The highest BCUT2D eigenvalue weighted by molar-refractivity contribution is 6.34. The Bertz CT molecular complexity index is 384. The predicted octanol–water partition coefficient (Wildman–Crippen LogP) is 3.87. The summed E-state index contributed by atoms with van der Waals surface area (Å²) in [6.07, 6.45) is 0. The van der Waals surface area contributed by atoms with E-state index in [2.05, 4.69) is 16.3 Å². The number of carbonyl (C=O) groups excluding carboxylic acids is 1. The van der Waals surface area contributed by atoms with Gasteiger partial charge in [0.1, 0.15) is 6.61 Å². The second-order valence-electron chi connectivity index (χ2n) is 2.85. The Balaban J connectivity index is 2.65. The zero-order chi connectivity index (χ0) is 12.3. The van der Waals surface area contributed by atoms with Crippen LogP contribution in [0.4, 0.5) is 8.78 Å². The Kier molecular flexibility index (Phi) is 4.35. The first-order valence-corrected chi connectivity index (χ1v) is 5.11. The molecule has 0 spiro atoms. The molecule has 0 fully saturated rings. The van der Waals surface area contributed by atoms with Crippen LogP contribution in [-0.4, -0.2) is 11.4 Å². The molecule has 0 atom stereocenters. The zero-order valence-corrected chi connectivity index (χ0v) is 9.91. The minimum Gasteiger partial charge on any atom is -0.455 e. The number of hydrogen-bond donors (Lipinski definition) is 0. The molecule has 1 aromatic rings. The van der Waals surface area contributed by atoms with Crippen molar-refractivity contribution in [2.45, 2.75) is 12.0 Å². The largest absolute Gasteiger partial charge is 0.455 e. The van der Waals surface area contributed by atoms with Crippen molar-refractivity contribution in [1.82, 2.24) is 0 Å². The minimum atomic E-state index is -4.03. The van der Waals surface area contributed by atoms with Crippen molar-refractivity contribution in [3.05, 3.63) is 33.8 Å². The summed E-state index contributed by atoms with van der Waals surface area (Å²) in [4.78, 5) is 10.6. The lowest BCUT2D eigenvalue weighted by Gasteiger charge is -2.08. The standard InChI is InChI=1S/C9H5Cl3F2O2/c10-6-1-5(2-7(11)3-6)4-16-8(15)9(12,13)14/h1-3H,4H2. The second kappa shape index (κ2) is 5.17. The van der Waals surface area contributed by atoms with Gasteiger partial charge in [-0.05, 0) is 35.4 Å². The number of alkyl halides is 3. The number of rotatable bonds is 3. The Morgan fingerprint density at radius 3 is 2.19 bits per heavy atom. The maximum atomic E-state index is 12.2. The lowest BCUT2D eigenvalue weighted by molar-refractivity contribution is -0.162. The lowest BCUT2D eigenvalue weighted by atomic mass is 10.2. The van der Waals surface area contributed by atoms with Gasteiger partial charge in [0.05, 0.1) is 0 Å². The number of esters is 1. The van der Waals surface area contributed by atoms with Crippen molar-refractivity contribution in [3.63, 3.8) is 0 Å². The molecule has 0 heterocycles. The fourth-order valence-electron chi connectivity index (χ4n) is 0.925. The molecule has 0 saturated heterocycles. The fourth-order valence-corrected chi connectivity index (χ4v) is 1.55. The quantitative estimate of drug-likeness (QED) is 0.624. The van der Waals surface area contributed by atoms with Gasteiger partial charge in [-0.1, -0.05) is 23.2 Å². The van der Waals surface area contributed by atoms with Crippen LogP contribution in [0.1, 0.15) is 5.56 Å². The van der Waals surface area contributed by atoms with E-state index in [-0.39, 0.29) is 6.61 Å². The van der Waals surface area contributed by atoms with Crippen LogP contribution in [0.5, 0.6) is 0 Å². The molecule has 0 amide bonds. The van der Waals surface area contributed by atoms with Gasteiger partial charge >= 0.3 is 11.4 Å². The molecule has 88 valence electrons. The van der Waals surface area contributed by atoms with Crippen LogP contribution in [-0.2, 0) is 16.1 Å². The molecule has 1 aromatic carbocycles. The van der Waals surface area contributed by atoms with E-state index in [1.54, 1.807) is 0 Å². The van der Waals surface area contributed by atoms with Gasteiger partial charge in [-0.2, -0.15) is 8.78 Å². The first-order chi connectivity index (χ1) is 7.29. The Morgan fingerprint density at radius 1 is 1.25 bits per heavy atom. The summed E-state index contributed by atoms with van der Waals surface area (Å²) in [6, 6.07) is 4.34. The summed E-state index contributed by atoms with van der Waals surface area (Å²) in [6.45, 7) is -0.374. The molecule has 7 heteroatoms. The second-order valence-corrected chi connectivity index (χ2v) is 4.20. The van der Waals surface area contributed by atoms with Crippen molar-refractivity contribution in [2.75, 3.05) is 0 Å². The van der Waals surface area contributed by atoms with E-state index in [1.807, 2.05) is 0 Å². The lowest BCUT2D eigenvalue weighted by Crippen LogP contribution is -2.23. The summed E-state index contributed by atoms with van der Waals surface area (Å²) < 4.78 is 28.7. The Hall–Kier alpha value is -0.580. The van der Waals surface area contributed by atoms with E-state index >= 15 is 0 Å². The van der Waals surface area contributed by atoms with Gasteiger partial charge in [-0.3, -0.25) is 0 Å². The summed E-state index contributed by atoms with van der Waals surface area (Å²) in [5.74, 6) is -1.81. The molecule has 0 aliphatic rings. The van der Waals surface area contributed by atoms with E-state index in [9.17, 15) is 13.6 Å². The van der Waals surface area contributed by atoms with Crippen LogP contribution in [0, 0.1) is 0 Å². The molecule has 0 aromatic heterocycles. The van der Waals surface area contributed by atoms with Crippen LogP contribution in [0.25, 0.3) is 0 Å². The van der Waals surface area contributed by atoms with E-state index in [0.717, 1.165) is 0 Å². The van der Waals surface area contributed by atoms with Crippen molar-refractivity contribution in [2.24, 2.45) is 0 Å². The number of benzene rings is 1. The molecule has 1 rings (SSSR count). The number of ether oxygens (including phenoxy) is 1. The molecule has 0 saturated carbocycles. The van der Waals surface area contributed by atoms with Crippen molar-refractivity contribution >= 4 is 40.8 Å². The van der Waals surface area contributed by atoms with E-state index in [1.165, 1.54) is 18.2 Å². The van der Waals surface area contributed by atoms with Crippen molar-refractivity contribution in [1.29, 1.82) is 0 Å². The molecule has 2 nitrogen and oxygen atoms in total. The van der Waals surface area contributed by atoms with Crippen LogP contribution in [0.3, 0.4) is 0 Å². The average Bonchev–Trinajstić information content (AvgIpc) is 2.11. The summed E-state index contributed by atoms with van der Waals surface area (Å²) in [5.41, 5.74) is 0.395. The molecule has 0 bridgehead atoms. The first kappa shape index (κ1) is 13.5. The van der Waals surface area contributed by atoms with Gasteiger partial charge in [0.25, 0.3) is 0 Å². The van der Waals surface area contributed by atoms with Gasteiger partial charge in [-0.15, -0.1) is 0 Å². The zero-order valence-electron chi connectivity index (χ0n) is 7.65. The van der Waals surface area contributed by atoms with Crippen LogP contribution in [0.2, 0.25) is 10.0 Å². The summed E-state index contributed by atoms with van der Waals surface area (Å²) >= 11 is 15.8. The molecular formula is C9H5Cl3F2O2. The third kappa shape index (κ3) is 4.12. The topological polar surface area (TPSA) is 26.3 Å². The molecule has 0 radical (unpaired) electrons. The first-order valence-electron chi connectivity index (χ1n) is 3.98. The molecular weight excluding hydrogens is 284 g/mol. The average molecular weight is 289 g/mol. The monoisotopic (exact) mass is 288 g/mol. The maximum Gasteiger partial charge on any atom is 0.417 e. The molecule has 0 N–H and O–H groups in total. The van der Waals surface area contributed by atoms with Gasteiger partial charge in [0, 0.05) is 10.0 Å². The smallest absolute Gasteiger partial charge is 0.417 e. The van der Waals surface area contributed by atoms with Gasteiger partial charge < -0.3 is 4.74 Å². The Morgan fingerprint density at radius 2 is 1.75 bits per heavy atom. The third-order valence-corrected chi connectivity index (χ3v) is 2.11. The Labute approximate surface area is 105 Å². The highest BCUT2D eigenvalue weighted by Gasteiger charge is 2.37. The predicted molar refractivity (Wildman–Crippen MR) is 57.1 cm³/mol. The third-order valence-electron chi connectivity index (χ3n) is 1.52. The fraction of sp³-hybridized carbons (Fsp3) is 0.222. The summed E-state index contributed by atoms with van der Waals surface area (Å²) in [5, 5.41) is -3.39. The van der Waals surface area contributed by atoms with Gasteiger partial charge in [0.15, 0.2) is 0 Å². The van der Waals surface area contributed by atoms with Crippen LogP contribution >= 0.6 is 34.8 Å². The number of hydrogen-bond acceptors (Lipinski definition) is 2. The van der Waals surface area contributed by atoms with E-state index in [0.29, 0.717) is 15.6 Å².